The van der Waals surface area contributed by atoms with Crippen LogP contribution in [0.25, 0.3) is 27.5 Å². The lowest BCUT2D eigenvalue weighted by Gasteiger charge is -2.25. The van der Waals surface area contributed by atoms with E-state index in [1.165, 1.54) is 21.8 Å². The molecule has 1 aliphatic heterocycles. The highest BCUT2D eigenvalue weighted by Crippen LogP contribution is 2.51. The molecule has 0 amide bonds. The Morgan fingerprint density at radius 1 is 0.500 bits per heavy atom. The molecule has 0 unspecified atom stereocenters. The van der Waals surface area contributed by atoms with Gasteiger partial charge in [-0.3, -0.25) is 9.80 Å². The van der Waals surface area contributed by atoms with Crippen LogP contribution in [0.3, 0.4) is 0 Å². The normalized spacial score (nSPS) is 13.1. The van der Waals surface area contributed by atoms with E-state index in [0.717, 1.165) is 34.3 Å². The Bertz CT molecular complexity index is 1730. The molecular weight excluding hydrogens is 440 g/mol. The summed E-state index contributed by atoms with van der Waals surface area (Å²) in [4.78, 5) is 4.35. The molecule has 2 N–H and O–H groups in total. The zero-order valence-corrected chi connectivity index (χ0v) is 19.7. The molecule has 2 heterocycles. The number of fused-ring (bicyclic) bond motifs is 4. The van der Waals surface area contributed by atoms with Crippen molar-refractivity contribution in [1.82, 2.24) is 4.57 Å². The number of aromatic nitrogens is 1. The quantitative estimate of drug-likeness (QED) is 0.269. The van der Waals surface area contributed by atoms with Crippen LogP contribution in [0, 0.1) is 0 Å². The van der Waals surface area contributed by atoms with Gasteiger partial charge in [0.2, 0.25) is 0 Å². The first-order valence-corrected chi connectivity index (χ1v) is 12.0. The number of nitrogens with zero attached hydrogens (tertiary/aromatic N) is 3. The predicted molar refractivity (Wildman–Crippen MR) is 151 cm³/mol. The fourth-order valence-electron chi connectivity index (χ4n) is 5.42. The standard InChI is InChI=1S/C32H24N4/c1-22-34(23-11-3-2-4-12-23)31-20-19-24(21-32(31)35(22)30-18-10-7-15-27(30)33)36-28-16-8-5-13-25(28)26-14-6-9-17-29(26)36/h2-21H,1,33H2. The summed E-state index contributed by atoms with van der Waals surface area (Å²) in [7, 11) is 0. The van der Waals surface area contributed by atoms with Crippen molar-refractivity contribution < 1.29 is 0 Å². The van der Waals surface area contributed by atoms with Crippen molar-refractivity contribution in [2.45, 2.75) is 0 Å². The summed E-state index contributed by atoms with van der Waals surface area (Å²) >= 11 is 0. The van der Waals surface area contributed by atoms with Crippen molar-refractivity contribution >= 4 is 50.2 Å². The van der Waals surface area contributed by atoms with E-state index in [2.05, 4.69) is 99.8 Å². The van der Waals surface area contributed by atoms with E-state index in [1.807, 2.05) is 42.5 Å². The smallest absolute Gasteiger partial charge is 0.115 e. The van der Waals surface area contributed by atoms with E-state index < -0.39 is 0 Å². The molecule has 0 aliphatic carbocycles. The number of rotatable bonds is 3. The van der Waals surface area contributed by atoms with Crippen LogP contribution in [-0.2, 0) is 0 Å². The van der Waals surface area contributed by atoms with E-state index in [1.54, 1.807) is 0 Å². The molecular formula is C32H24N4. The largest absolute Gasteiger partial charge is 0.397 e. The van der Waals surface area contributed by atoms with Crippen LogP contribution in [0.4, 0.5) is 28.4 Å². The molecule has 1 aliphatic rings. The molecule has 36 heavy (non-hydrogen) atoms. The van der Waals surface area contributed by atoms with Crippen molar-refractivity contribution in [3.8, 4) is 5.69 Å². The maximum Gasteiger partial charge on any atom is 0.115 e. The molecule has 5 aromatic carbocycles. The van der Waals surface area contributed by atoms with Gasteiger partial charge < -0.3 is 10.3 Å². The van der Waals surface area contributed by atoms with Crippen molar-refractivity contribution in [2.75, 3.05) is 15.5 Å². The van der Waals surface area contributed by atoms with Crippen molar-refractivity contribution in [3.05, 3.63) is 134 Å². The van der Waals surface area contributed by atoms with Gasteiger partial charge in [-0.15, -0.1) is 0 Å². The fraction of sp³-hybridized carbons (Fsp3) is 0. The van der Waals surface area contributed by atoms with Crippen LogP contribution in [-0.4, -0.2) is 4.57 Å². The monoisotopic (exact) mass is 464 g/mol. The lowest BCUT2D eigenvalue weighted by atomic mass is 10.2. The minimum Gasteiger partial charge on any atom is -0.397 e. The Morgan fingerprint density at radius 2 is 1.11 bits per heavy atom. The first kappa shape index (κ1) is 20.4. The maximum absolute atomic E-state index is 6.48. The van der Waals surface area contributed by atoms with Crippen molar-refractivity contribution in [3.63, 3.8) is 0 Å². The van der Waals surface area contributed by atoms with Gasteiger partial charge in [0.1, 0.15) is 5.82 Å². The van der Waals surface area contributed by atoms with Crippen LogP contribution in [0.5, 0.6) is 0 Å². The second-order valence-corrected chi connectivity index (χ2v) is 9.02. The minimum absolute atomic E-state index is 0.710. The molecule has 0 fully saturated rings. The average molecular weight is 465 g/mol. The summed E-state index contributed by atoms with van der Waals surface area (Å²) in [6.45, 7) is 4.51. The molecule has 0 spiro atoms. The van der Waals surface area contributed by atoms with Gasteiger partial charge in [-0.1, -0.05) is 73.3 Å². The van der Waals surface area contributed by atoms with Gasteiger partial charge in [0.05, 0.1) is 33.8 Å². The summed E-state index contributed by atoms with van der Waals surface area (Å²) < 4.78 is 2.34. The number of hydrogen-bond donors (Lipinski definition) is 1. The van der Waals surface area contributed by atoms with Crippen LogP contribution in [0.2, 0.25) is 0 Å². The molecule has 0 atom stereocenters. The Morgan fingerprint density at radius 3 is 1.81 bits per heavy atom. The number of para-hydroxylation sites is 5. The van der Waals surface area contributed by atoms with E-state index >= 15 is 0 Å². The summed E-state index contributed by atoms with van der Waals surface area (Å²) in [6.07, 6.45) is 0. The van der Waals surface area contributed by atoms with Gasteiger partial charge in [0.25, 0.3) is 0 Å². The van der Waals surface area contributed by atoms with Crippen LogP contribution in [0.1, 0.15) is 0 Å². The molecule has 0 bridgehead atoms. The van der Waals surface area contributed by atoms with E-state index in [4.69, 9.17) is 5.73 Å². The Hall–Kier alpha value is -4.96. The lowest BCUT2D eigenvalue weighted by Crippen LogP contribution is -2.21. The summed E-state index contributed by atoms with van der Waals surface area (Å²) in [6, 6.07) is 42.1. The van der Waals surface area contributed by atoms with Gasteiger partial charge in [-0.25, -0.2) is 0 Å². The Balaban J connectivity index is 1.50. The molecule has 6 aromatic rings. The third-order valence-electron chi connectivity index (χ3n) is 6.99. The number of nitrogens with two attached hydrogens (primary N) is 1. The molecule has 0 saturated carbocycles. The van der Waals surface area contributed by atoms with Gasteiger partial charge in [-0.05, 0) is 54.6 Å². The number of anilines is 5. The highest BCUT2D eigenvalue weighted by Gasteiger charge is 2.33. The molecule has 0 saturated heterocycles. The highest BCUT2D eigenvalue weighted by atomic mass is 15.4. The first-order valence-electron chi connectivity index (χ1n) is 12.0. The second-order valence-electron chi connectivity index (χ2n) is 9.02. The first-order chi connectivity index (χ1) is 17.7. The van der Waals surface area contributed by atoms with Crippen LogP contribution >= 0.6 is 0 Å². The number of benzene rings is 5. The highest BCUT2D eigenvalue weighted by molar-refractivity contribution is 6.09. The van der Waals surface area contributed by atoms with E-state index in [9.17, 15) is 0 Å². The topological polar surface area (TPSA) is 37.4 Å². The SMILES string of the molecule is C=C1N(c2ccccc2)c2ccc(-n3c4ccccc4c4ccccc43)cc2N1c1ccccc1N. The zero-order chi connectivity index (χ0) is 24.2. The van der Waals surface area contributed by atoms with Gasteiger partial charge in [-0.2, -0.15) is 0 Å². The Labute approximate surface area is 209 Å². The van der Waals surface area contributed by atoms with Crippen LogP contribution in [0.15, 0.2) is 134 Å². The number of nitrogen functional groups attached to an aromatic ring is 1. The summed E-state index contributed by atoms with van der Waals surface area (Å²) in [5.74, 6) is 0.841. The lowest BCUT2D eigenvalue weighted by molar-refractivity contribution is 1.14. The maximum atomic E-state index is 6.48. The molecule has 0 radical (unpaired) electrons. The van der Waals surface area contributed by atoms with Gasteiger partial charge >= 0.3 is 0 Å². The number of hydrogen-bond acceptors (Lipinski definition) is 3. The second kappa shape index (κ2) is 7.79. The predicted octanol–water partition coefficient (Wildman–Crippen LogP) is 8.13. The fourth-order valence-corrected chi connectivity index (χ4v) is 5.42. The van der Waals surface area contributed by atoms with Crippen molar-refractivity contribution in [1.29, 1.82) is 0 Å². The summed E-state index contributed by atoms with van der Waals surface area (Å²) in [5.41, 5.74) is 14.7. The minimum atomic E-state index is 0.710. The summed E-state index contributed by atoms with van der Waals surface area (Å²) in [5, 5.41) is 2.49. The van der Waals surface area contributed by atoms with Crippen LogP contribution < -0.4 is 15.5 Å². The van der Waals surface area contributed by atoms with Gasteiger partial charge in [0, 0.05) is 22.1 Å². The molecule has 172 valence electrons. The van der Waals surface area contributed by atoms with Gasteiger partial charge in [0.15, 0.2) is 0 Å². The molecule has 1 aromatic heterocycles. The third-order valence-corrected chi connectivity index (χ3v) is 6.99. The molecule has 4 heteroatoms. The van der Waals surface area contributed by atoms with Crippen molar-refractivity contribution in [2.24, 2.45) is 0 Å². The molecule has 7 rings (SSSR count). The molecule has 4 nitrogen and oxygen atoms in total. The zero-order valence-electron chi connectivity index (χ0n) is 19.7. The average Bonchev–Trinajstić information content (AvgIpc) is 3.41. The third kappa shape index (κ3) is 2.88. The van der Waals surface area contributed by atoms with E-state index in [0.29, 0.717) is 5.69 Å². The van der Waals surface area contributed by atoms with E-state index in [-0.39, 0.29) is 0 Å². The Kier molecular flexibility index (Phi) is 4.42.